The Labute approximate surface area is 101 Å². The first-order valence-electron chi connectivity index (χ1n) is 4.45. The normalized spacial score (nSPS) is 10.3. The highest BCUT2D eigenvalue weighted by atomic mass is 79.9. The Morgan fingerprint density at radius 1 is 1.27 bits per heavy atom. The molecule has 0 aromatic heterocycles. The van der Waals surface area contributed by atoms with Crippen molar-refractivity contribution in [3.63, 3.8) is 0 Å². The third-order valence-corrected chi connectivity index (χ3v) is 2.25. The third-order valence-electron chi connectivity index (χ3n) is 1.60. The van der Waals surface area contributed by atoms with E-state index in [0.717, 1.165) is 0 Å². The highest BCUT2D eigenvalue weighted by Crippen LogP contribution is 2.21. The fourth-order valence-electron chi connectivity index (χ4n) is 0.959. The molecule has 0 heterocycles. The molecule has 84 valence electrons. The molecule has 15 heavy (non-hydrogen) atoms. The topological polar surface area (TPSA) is 18.5 Å². The standard InChI is InChI=1S/C10H11BrClFO2/c11-8-1-2-10(9(13)7-8)15-6-5-14-4-3-12/h1-2,7H,3-6H2. The average Bonchev–Trinajstić information content (AvgIpc) is 2.20. The monoisotopic (exact) mass is 296 g/mol. The Kier molecular flexibility index (Phi) is 5.98. The lowest BCUT2D eigenvalue weighted by molar-refractivity contribution is 0.110. The van der Waals surface area contributed by atoms with E-state index in [1.165, 1.54) is 6.07 Å². The number of benzene rings is 1. The molecule has 0 saturated heterocycles. The van der Waals surface area contributed by atoms with Crippen molar-refractivity contribution in [2.24, 2.45) is 0 Å². The van der Waals surface area contributed by atoms with E-state index in [1.54, 1.807) is 12.1 Å². The smallest absolute Gasteiger partial charge is 0.166 e. The van der Waals surface area contributed by atoms with E-state index in [4.69, 9.17) is 21.1 Å². The van der Waals surface area contributed by atoms with E-state index >= 15 is 0 Å². The number of hydrogen-bond acceptors (Lipinski definition) is 2. The maximum Gasteiger partial charge on any atom is 0.166 e. The summed E-state index contributed by atoms with van der Waals surface area (Å²) in [6.07, 6.45) is 0. The predicted octanol–water partition coefficient (Wildman–Crippen LogP) is 3.22. The fraction of sp³-hybridized carbons (Fsp3) is 0.400. The minimum absolute atomic E-state index is 0.229. The van der Waals surface area contributed by atoms with Gasteiger partial charge in [-0.15, -0.1) is 11.6 Å². The maximum atomic E-state index is 13.2. The average molecular weight is 298 g/mol. The van der Waals surface area contributed by atoms with Crippen molar-refractivity contribution in [2.45, 2.75) is 0 Å². The second-order valence-electron chi connectivity index (χ2n) is 2.72. The predicted molar refractivity (Wildman–Crippen MR) is 61.1 cm³/mol. The van der Waals surface area contributed by atoms with Crippen LogP contribution in [0.1, 0.15) is 0 Å². The molecule has 0 aliphatic rings. The van der Waals surface area contributed by atoms with E-state index in [9.17, 15) is 4.39 Å². The zero-order chi connectivity index (χ0) is 11.1. The van der Waals surface area contributed by atoms with Crippen LogP contribution in [0, 0.1) is 5.82 Å². The number of halogens is 3. The van der Waals surface area contributed by atoms with Gasteiger partial charge in [-0.05, 0) is 18.2 Å². The molecule has 0 amide bonds. The molecular weight excluding hydrogens is 286 g/mol. The SMILES string of the molecule is Fc1cc(Br)ccc1OCCOCCCl. The van der Waals surface area contributed by atoms with Gasteiger partial charge in [-0.2, -0.15) is 0 Å². The summed E-state index contributed by atoms with van der Waals surface area (Å²) in [4.78, 5) is 0. The van der Waals surface area contributed by atoms with E-state index < -0.39 is 0 Å². The van der Waals surface area contributed by atoms with Gasteiger partial charge in [0.15, 0.2) is 11.6 Å². The van der Waals surface area contributed by atoms with Crippen LogP contribution in [-0.4, -0.2) is 25.7 Å². The van der Waals surface area contributed by atoms with Gasteiger partial charge in [-0.25, -0.2) is 4.39 Å². The quantitative estimate of drug-likeness (QED) is 0.593. The van der Waals surface area contributed by atoms with E-state index in [1.807, 2.05) is 0 Å². The van der Waals surface area contributed by atoms with Crippen molar-refractivity contribution in [1.82, 2.24) is 0 Å². The van der Waals surface area contributed by atoms with E-state index in [0.29, 0.717) is 30.2 Å². The van der Waals surface area contributed by atoms with E-state index in [2.05, 4.69) is 15.9 Å². The zero-order valence-electron chi connectivity index (χ0n) is 8.01. The molecule has 0 unspecified atom stereocenters. The Bertz CT molecular complexity index is 309. The highest BCUT2D eigenvalue weighted by Gasteiger charge is 2.02. The summed E-state index contributed by atoms with van der Waals surface area (Å²) in [6, 6.07) is 4.65. The van der Waals surface area contributed by atoms with Crippen molar-refractivity contribution in [1.29, 1.82) is 0 Å². The van der Waals surface area contributed by atoms with Crippen molar-refractivity contribution < 1.29 is 13.9 Å². The van der Waals surface area contributed by atoms with Gasteiger partial charge < -0.3 is 9.47 Å². The lowest BCUT2D eigenvalue weighted by atomic mass is 10.3. The minimum atomic E-state index is -0.387. The van der Waals surface area contributed by atoms with Gasteiger partial charge in [0.2, 0.25) is 0 Å². The van der Waals surface area contributed by atoms with Gasteiger partial charge in [0.25, 0.3) is 0 Å². The minimum Gasteiger partial charge on any atom is -0.488 e. The van der Waals surface area contributed by atoms with Crippen LogP contribution in [0.4, 0.5) is 4.39 Å². The Morgan fingerprint density at radius 2 is 2.07 bits per heavy atom. The molecule has 2 nitrogen and oxygen atoms in total. The summed E-state index contributed by atoms with van der Waals surface area (Å²) in [5.41, 5.74) is 0. The summed E-state index contributed by atoms with van der Waals surface area (Å²) >= 11 is 8.57. The Balaban J connectivity index is 2.31. The largest absolute Gasteiger partial charge is 0.488 e. The van der Waals surface area contributed by atoms with Crippen LogP contribution in [0.3, 0.4) is 0 Å². The highest BCUT2D eigenvalue weighted by molar-refractivity contribution is 9.10. The molecule has 0 N–H and O–H groups in total. The molecule has 0 spiro atoms. The van der Waals surface area contributed by atoms with Crippen LogP contribution >= 0.6 is 27.5 Å². The van der Waals surface area contributed by atoms with Crippen LogP contribution < -0.4 is 4.74 Å². The molecule has 0 aliphatic carbocycles. The van der Waals surface area contributed by atoms with Crippen molar-refractivity contribution in [3.05, 3.63) is 28.5 Å². The van der Waals surface area contributed by atoms with Crippen molar-refractivity contribution in [3.8, 4) is 5.75 Å². The lowest BCUT2D eigenvalue weighted by Gasteiger charge is -2.07. The van der Waals surface area contributed by atoms with Crippen LogP contribution in [0.25, 0.3) is 0 Å². The van der Waals surface area contributed by atoms with Gasteiger partial charge in [0.05, 0.1) is 13.2 Å². The number of hydrogen-bond donors (Lipinski definition) is 0. The van der Waals surface area contributed by atoms with Gasteiger partial charge in [-0.1, -0.05) is 15.9 Å². The lowest BCUT2D eigenvalue weighted by Crippen LogP contribution is -2.08. The van der Waals surface area contributed by atoms with Crippen molar-refractivity contribution >= 4 is 27.5 Å². The first-order chi connectivity index (χ1) is 7.24. The third kappa shape index (κ3) is 4.82. The Hall–Kier alpha value is -0.320. The molecule has 0 bridgehead atoms. The molecule has 1 rings (SSSR count). The molecule has 0 fully saturated rings. The van der Waals surface area contributed by atoms with E-state index in [-0.39, 0.29) is 11.6 Å². The number of rotatable bonds is 6. The van der Waals surface area contributed by atoms with Gasteiger partial charge in [0, 0.05) is 10.4 Å². The summed E-state index contributed by atoms with van der Waals surface area (Å²) in [6.45, 7) is 1.20. The van der Waals surface area contributed by atoms with Gasteiger partial charge >= 0.3 is 0 Å². The fourth-order valence-corrected chi connectivity index (χ4v) is 1.40. The number of ether oxygens (including phenoxy) is 2. The zero-order valence-corrected chi connectivity index (χ0v) is 10.4. The molecular formula is C10H11BrClFO2. The molecule has 0 aliphatic heterocycles. The molecule has 0 radical (unpaired) electrons. The molecule has 5 heteroatoms. The summed E-state index contributed by atoms with van der Waals surface area (Å²) in [5, 5.41) is 0. The first-order valence-corrected chi connectivity index (χ1v) is 5.78. The van der Waals surface area contributed by atoms with Crippen LogP contribution in [0.15, 0.2) is 22.7 Å². The maximum absolute atomic E-state index is 13.2. The second kappa shape index (κ2) is 7.04. The van der Waals surface area contributed by atoms with Gasteiger partial charge in [0.1, 0.15) is 6.61 Å². The summed E-state index contributed by atoms with van der Waals surface area (Å²) < 4.78 is 24.1. The second-order valence-corrected chi connectivity index (χ2v) is 4.02. The molecule has 0 atom stereocenters. The molecule has 0 saturated carbocycles. The van der Waals surface area contributed by atoms with Crippen LogP contribution in [0.5, 0.6) is 5.75 Å². The molecule has 1 aromatic carbocycles. The van der Waals surface area contributed by atoms with Gasteiger partial charge in [-0.3, -0.25) is 0 Å². The summed E-state index contributed by atoms with van der Waals surface area (Å²) in [7, 11) is 0. The molecule has 1 aromatic rings. The van der Waals surface area contributed by atoms with Crippen LogP contribution in [-0.2, 0) is 4.74 Å². The van der Waals surface area contributed by atoms with Crippen molar-refractivity contribution in [2.75, 3.05) is 25.7 Å². The summed E-state index contributed by atoms with van der Waals surface area (Å²) in [5.74, 6) is 0.293. The van der Waals surface area contributed by atoms with Crippen LogP contribution in [0.2, 0.25) is 0 Å². The Morgan fingerprint density at radius 3 is 2.73 bits per heavy atom. The first kappa shape index (κ1) is 12.7. The number of alkyl halides is 1.